The number of H-pyrrole nitrogens is 1. The summed E-state index contributed by atoms with van der Waals surface area (Å²) >= 11 is 0. The second kappa shape index (κ2) is 8.43. The number of hydrogen-bond donors (Lipinski definition) is 3. The summed E-state index contributed by atoms with van der Waals surface area (Å²) in [5.41, 5.74) is -0.903. The van der Waals surface area contributed by atoms with Gasteiger partial charge in [0.25, 0.3) is 0 Å². The van der Waals surface area contributed by atoms with Crippen LogP contribution in [-0.2, 0) is 15.7 Å². The van der Waals surface area contributed by atoms with Crippen molar-refractivity contribution in [3.8, 4) is 0 Å². The normalized spacial score (nSPS) is 25.4. The van der Waals surface area contributed by atoms with Crippen LogP contribution in [0.4, 0.5) is 19.0 Å². The van der Waals surface area contributed by atoms with E-state index in [4.69, 9.17) is 4.74 Å². The minimum Gasteiger partial charge on any atom is -0.381 e. The molecule has 9 heteroatoms. The molecule has 3 N–H and O–H groups in total. The van der Waals surface area contributed by atoms with Crippen molar-refractivity contribution >= 4 is 22.6 Å². The van der Waals surface area contributed by atoms with E-state index in [1.807, 2.05) is 13.8 Å². The lowest BCUT2D eigenvalue weighted by Gasteiger charge is -2.33. The number of alkyl halides is 3. The fourth-order valence-electron chi connectivity index (χ4n) is 4.93. The Morgan fingerprint density at radius 1 is 1.23 bits per heavy atom. The lowest BCUT2D eigenvalue weighted by Crippen LogP contribution is -2.43. The Kier molecular flexibility index (Phi) is 6.00. The number of aromatic amines is 1. The molecule has 1 aliphatic heterocycles. The van der Waals surface area contributed by atoms with Crippen LogP contribution in [0.1, 0.15) is 51.5 Å². The maximum absolute atomic E-state index is 13.4. The fraction of sp³-hybridized carbons (Fsp3) is 0.636. The van der Waals surface area contributed by atoms with Crippen molar-refractivity contribution in [1.82, 2.24) is 15.5 Å². The van der Waals surface area contributed by atoms with Crippen LogP contribution in [-0.4, -0.2) is 41.4 Å². The molecule has 1 aliphatic carbocycles. The first-order valence-corrected chi connectivity index (χ1v) is 10.9. The third kappa shape index (κ3) is 4.43. The van der Waals surface area contributed by atoms with E-state index in [9.17, 15) is 18.0 Å². The molecule has 1 saturated carbocycles. The van der Waals surface area contributed by atoms with E-state index in [1.54, 1.807) is 0 Å². The number of nitrogens with one attached hydrogen (secondary N) is 3. The number of amides is 1. The summed E-state index contributed by atoms with van der Waals surface area (Å²) in [6.07, 6.45) is -0.198. The van der Waals surface area contributed by atoms with Gasteiger partial charge in [0.15, 0.2) is 5.82 Å². The van der Waals surface area contributed by atoms with Gasteiger partial charge in [-0.3, -0.25) is 9.89 Å². The Bertz CT molecular complexity index is 936. The second-order valence-corrected chi connectivity index (χ2v) is 9.09. The number of hydrogen-bond acceptors (Lipinski definition) is 4. The molecule has 6 nitrogen and oxygen atoms in total. The van der Waals surface area contributed by atoms with Gasteiger partial charge in [0.05, 0.1) is 16.5 Å². The maximum atomic E-state index is 13.4. The van der Waals surface area contributed by atoms with E-state index in [0.717, 1.165) is 51.0 Å². The zero-order valence-corrected chi connectivity index (χ0v) is 17.8. The number of ether oxygens (including phenoxy) is 1. The first-order valence-electron chi connectivity index (χ1n) is 10.9. The van der Waals surface area contributed by atoms with Gasteiger partial charge in [-0.05, 0) is 56.2 Å². The second-order valence-electron chi connectivity index (χ2n) is 9.09. The predicted octanol–water partition coefficient (Wildman–Crippen LogP) is 4.48. The maximum Gasteiger partial charge on any atom is 0.416 e. The number of benzene rings is 1. The molecule has 0 unspecified atom stereocenters. The number of rotatable bonds is 5. The average molecular weight is 438 g/mol. The molecule has 2 fully saturated rings. The van der Waals surface area contributed by atoms with Gasteiger partial charge >= 0.3 is 6.18 Å². The molecule has 2 aliphatic rings. The van der Waals surface area contributed by atoms with Gasteiger partial charge in [0, 0.05) is 30.7 Å². The van der Waals surface area contributed by atoms with Gasteiger partial charge < -0.3 is 15.4 Å². The molecule has 0 spiro atoms. The lowest BCUT2D eigenvalue weighted by molar-refractivity contribution is -0.137. The summed E-state index contributed by atoms with van der Waals surface area (Å²) in [5.74, 6) is 0.0569. The molecule has 1 saturated heterocycles. The summed E-state index contributed by atoms with van der Waals surface area (Å²) in [5, 5.41) is 13.6. The molecule has 2 atom stereocenters. The Morgan fingerprint density at radius 3 is 2.65 bits per heavy atom. The molecule has 0 radical (unpaired) electrons. The highest BCUT2D eigenvalue weighted by Crippen LogP contribution is 2.46. The van der Waals surface area contributed by atoms with Gasteiger partial charge in [-0.15, -0.1) is 0 Å². The van der Waals surface area contributed by atoms with E-state index >= 15 is 0 Å². The number of nitrogens with zero attached hydrogens (tertiary/aromatic N) is 1. The number of carbonyl (C=O) groups is 1. The van der Waals surface area contributed by atoms with E-state index in [1.165, 1.54) is 6.07 Å². The number of carbonyl (C=O) groups excluding carboxylic acids is 1. The molecular weight excluding hydrogens is 409 g/mol. The summed E-state index contributed by atoms with van der Waals surface area (Å²) in [7, 11) is 0. The highest BCUT2D eigenvalue weighted by Gasteiger charge is 2.48. The quantitative estimate of drug-likeness (QED) is 0.643. The summed E-state index contributed by atoms with van der Waals surface area (Å²) in [6, 6.07) is 4.01. The highest BCUT2D eigenvalue weighted by atomic mass is 19.4. The largest absolute Gasteiger partial charge is 0.416 e. The van der Waals surface area contributed by atoms with E-state index in [-0.39, 0.29) is 29.1 Å². The monoisotopic (exact) mass is 438 g/mol. The minimum absolute atomic E-state index is 0.0879. The topological polar surface area (TPSA) is 79.0 Å². The molecule has 2 heterocycles. The van der Waals surface area contributed by atoms with Crippen LogP contribution in [0.3, 0.4) is 0 Å². The zero-order valence-electron chi connectivity index (χ0n) is 17.8. The minimum atomic E-state index is -4.46. The molecule has 1 amide bonds. The van der Waals surface area contributed by atoms with Crippen LogP contribution < -0.4 is 10.6 Å². The molecule has 4 rings (SSSR count). The van der Waals surface area contributed by atoms with Crippen molar-refractivity contribution in [3.05, 3.63) is 23.8 Å². The van der Waals surface area contributed by atoms with Crippen molar-refractivity contribution in [1.29, 1.82) is 0 Å². The smallest absolute Gasteiger partial charge is 0.381 e. The van der Waals surface area contributed by atoms with E-state index in [0.29, 0.717) is 18.0 Å². The standard InChI is InChI=1S/C22H29F3N4O2/c1-13(2)21(8-5-16(12-21)26-15-6-9-31-10-7-15)20(30)27-19-17-11-14(22(23,24)25)3-4-18(17)28-29-19/h3-4,11,13,15-16,26H,5-10,12H2,1-2H3,(H2,27,28,29,30)/t16-,21+/m1/s1. The van der Waals surface area contributed by atoms with Crippen molar-refractivity contribution < 1.29 is 22.7 Å². The van der Waals surface area contributed by atoms with E-state index < -0.39 is 17.2 Å². The van der Waals surface area contributed by atoms with Crippen molar-refractivity contribution in [3.63, 3.8) is 0 Å². The lowest BCUT2D eigenvalue weighted by atomic mass is 9.74. The summed E-state index contributed by atoms with van der Waals surface area (Å²) in [4.78, 5) is 13.4. The number of halogens is 3. The third-order valence-electron chi connectivity index (χ3n) is 6.92. The zero-order chi connectivity index (χ0) is 22.2. The van der Waals surface area contributed by atoms with Gasteiger partial charge in [-0.2, -0.15) is 18.3 Å². The van der Waals surface area contributed by atoms with Gasteiger partial charge in [0.2, 0.25) is 5.91 Å². The first-order chi connectivity index (χ1) is 14.7. The molecule has 1 aromatic carbocycles. The number of aromatic nitrogens is 2. The van der Waals surface area contributed by atoms with Crippen LogP contribution in [0.25, 0.3) is 10.9 Å². The molecule has 1 aromatic heterocycles. The van der Waals surface area contributed by atoms with Crippen LogP contribution >= 0.6 is 0 Å². The Hall–Kier alpha value is -2.13. The summed E-state index contributed by atoms with van der Waals surface area (Å²) in [6.45, 7) is 5.57. The van der Waals surface area contributed by atoms with Crippen LogP contribution in [0.2, 0.25) is 0 Å². The van der Waals surface area contributed by atoms with Crippen LogP contribution in [0.5, 0.6) is 0 Å². The number of anilines is 1. The molecule has 31 heavy (non-hydrogen) atoms. The van der Waals surface area contributed by atoms with Crippen LogP contribution in [0, 0.1) is 11.3 Å². The fourth-order valence-corrected chi connectivity index (χ4v) is 4.93. The molecular formula is C22H29F3N4O2. The van der Waals surface area contributed by atoms with Gasteiger partial charge in [-0.25, -0.2) is 0 Å². The van der Waals surface area contributed by atoms with Gasteiger partial charge in [0.1, 0.15) is 0 Å². The van der Waals surface area contributed by atoms with Crippen molar-refractivity contribution in [2.75, 3.05) is 18.5 Å². The summed E-state index contributed by atoms with van der Waals surface area (Å²) < 4.78 is 44.8. The van der Waals surface area contributed by atoms with Crippen LogP contribution in [0.15, 0.2) is 18.2 Å². The van der Waals surface area contributed by atoms with Crippen molar-refractivity contribution in [2.45, 2.75) is 64.2 Å². The Labute approximate surface area is 179 Å². The number of fused-ring (bicyclic) bond motifs is 1. The predicted molar refractivity (Wildman–Crippen MR) is 112 cm³/mol. The van der Waals surface area contributed by atoms with Crippen molar-refractivity contribution in [2.24, 2.45) is 11.3 Å². The van der Waals surface area contributed by atoms with Gasteiger partial charge in [-0.1, -0.05) is 13.8 Å². The molecule has 2 aromatic rings. The molecule has 0 bridgehead atoms. The SMILES string of the molecule is CC(C)[C@]1(C(=O)Nc2n[nH]c3ccc(C(F)(F)F)cc23)CC[C@@H](NC2CCOCC2)C1. The Morgan fingerprint density at radius 2 is 1.97 bits per heavy atom. The third-order valence-corrected chi connectivity index (χ3v) is 6.92. The average Bonchev–Trinajstić information content (AvgIpc) is 3.33. The Balaban J connectivity index is 1.52. The molecule has 170 valence electrons. The highest BCUT2D eigenvalue weighted by molar-refractivity contribution is 6.02. The van der Waals surface area contributed by atoms with E-state index in [2.05, 4.69) is 20.8 Å². The first kappa shape index (κ1) is 22.1.